The lowest BCUT2D eigenvalue weighted by Gasteiger charge is -2.30. The van der Waals surface area contributed by atoms with Crippen LogP contribution < -0.4 is 0 Å². The Balaban J connectivity index is 2.11. The smallest absolute Gasteiger partial charge is 0.0991 e. The molecule has 1 heteroatoms. The van der Waals surface area contributed by atoms with Gasteiger partial charge in [0.05, 0.1) is 11.6 Å². The van der Waals surface area contributed by atoms with Gasteiger partial charge in [0.15, 0.2) is 0 Å². The van der Waals surface area contributed by atoms with E-state index < -0.39 is 0 Å². The molecule has 1 fully saturated rings. The van der Waals surface area contributed by atoms with Crippen LogP contribution in [0.5, 0.6) is 0 Å². The van der Waals surface area contributed by atoms with Crippen LogP contribution in [0.15, 0.2) is 36.4 Å². The lowest BCUT2D eigenvalue weighted by atomic mass is 9.75. The second-order valence-corrected chi connectivity index (χ2v) is 5.51. The Bertz CT molecular complexity index is 450. The Kier molecular flexibility index (Phi) is 5.21. The van der Waals surface area contributed by atoms with Gasteiger partial charge in [0.1, 0.15) is 0 Å². The summed E-state index contributed by atoms with van der Waals surface area (Å²) < 4.78 is 0. The van der Waals surface area contributed by atoms with Gasteiger partial charge in [0.2, 0.25) is 0 Å². The molecule has 0 saturated heterocycles. The van der Waals surface area contributed by atoms with Crippen molar-refractivity contribution in [2.45, 2.75) is 51.4 Å². The minimum atomic E-state index is 0.648. The number of unbranched alkanes of at least 4 members (excludes halogenated alkanes) is 1. The molecule has 0 amide bonds. The van der Waals surface area contributed by atoms with E-state index in [4.69, 9.17) is 5.26 Å². The van der Waals surface area contributed by atoms with E-state index in [2.05, 4.69) is 37.3 Å². The van der Waals surface area contributed by atoms with Crippen LogP contribution in [0.4, 0.5) is 0 Å². The highest BCUT2D eigenvalue weighted by atomic mass is 14.3. The van der Waals surface area contributed by atoms with Crippen LogP contribution in [-0.2, 0) is 0 Å². The first-order valence-electron chi connectivity index (χ1n) is 7.52. The summed E-state index contributed by atoms with van der Waals surface area (Å²) in [6.45, 7) is 2.23. The number of hydrogen-bond donors (Lipinski definition) is 0. The van der Waals surface area contributed by atoms with Gasteiger partial charge < -0.3 is 0 Å². The van der Waals surface area contributed by atoms with Gasteiger partial charge in [-0.3, -0.25) is 0 Å². The summed E-state index contributed by atoms with van der Waals surface area (Å²) in [6, 6.07) is 10.4. The third-order valence-electron chi connectivity index (χ3n) is 4.13. The zero-order valence-electron chi connectivity index (χ0n) is 11.8. The summed E-state index contributed by atoms with van der Waals surface area (Å²) in [5, 5.41) is 8.87. The van der Waals surface area contributed by atoms with Crippen LogP contribution in [-0.4, -0.2) is 0 Å². The van der Waals surface area contributed by atoms with E-state index in [0.29, 0.717) is 11.8 Å². The number of hydrogen-bond acceptors (Lipinski definition) is 1. The Hall–Kier alpha value is -1.55. The maximum atomic E-state index is 8.87. The number of nitriles is 1. The second kappa shape index (κ2) is 7.14. The molecule has 0 heterocycles. The van der Waals surface area contributed by atoms with Gasteiger partial charge in [-0.1, -0.05) is 50.5 Å². The molecule has 1 saturated carbocycles. The quantitative estimate of drug-likeness (QED) is 0.677. The molecule has 0 aromatic heterocycles. The molecule has 0 unspecified atom stereocenters. The number of allylic oxidation sites excluding steroid dienone is 2. The molecular formula is C18H23N. The molecule has 1 aliphatic rings. The van der Waals surface area contributed by atoms with E-state index in [9.17, 15) is 0 Å². The van der Waals surface area contributed by atoms with Gasteiger partial charge in [-0.05, 0) is 48.8 Å². The van der Waals surface area contributed by atoms with Crippen molar-refractivity contribution in [2.24, 2.45) is 5.92 Å². The number of benzene rings is 1. The standard InChI is InChI=1S/C18H23N/c1-2-3-4-7-16-8-5-6-9-18(16)17-12-10-15(14-19)11-13-17/h4,7,10-13,16,18H,2-3,5-6,8-9H2,1H3/b7-4-/t16-,18-/m0/s1. The first-order chi connectivity index (χ1) is 9.35. The van der Waals surface area contributed by atoms with Gasteiger partial charge in [0, 0.05) is 0 Å². The van der Waals surface area contributed by atoms with Crippen LogP contribution in [0.2, 0.25) is 0 Å². The molecular weight excluding hydrogens is 230 g/mol. The van der Waals surface area contributed by atoms with E-state index in [-0.39, 0.29) is 0 Å². The zero-order chi connectivity index (χ0) is 13.5. The van der Waals surface area contributed by atoms with E-state index >= 15 is 0 Å². The molecule has 0 aliphatic heterocycles. The van der Waals surface area contributed by atoms with Crippen molar-refractivity contribution < 1.29 is 0 Å². The van der Waals surface area contributed by atoms with Crippen molar-refractivity contribution in [3.63, 3.8) is 0 Å². The SMILES string of the molecule is CCC/C=C\[C@H]1CCCC[C@@H]1c1ccc(C#N)cc1. The molecule has 1 aliphatic carbocycles. The van der Waals surface area contributed by atoms with E-state index in [1.807, 2.05) is 12.1 Å². The molecule has 2 rings (SSSR count). The first kappa shape index (κ1) is 13.9. The maximum absolute atomic E-state index is 8.87. The van der Waals surface area contributed by atoms with Crippen molar-refractivity contribution in [3.05, 3.63) is 47.5 Å². The molecule has 1 aromatic rings. The van der Waals surface area contributed by atoms with Crippen LogP contribution >= 0.6 is 0 Å². The van der Waals surface area contributed by atoms with Crippen molar-refractivity contribution in [1.29, 1.82) is 5.26 Å². The van der Waals surface area contributed by atoms with E-state index in [1.165, 1.54) is 44.1 Å². The topological polar surface area (TPSA) is 23.8 Å². The first-order valence-corrected chi connectivity index (χ1v) is 7.52. The van der Waals surface area contributed by atoms with Crippen LogP contribution in [0.25, 0.3) is 0 Å². The van der Waals surface area contributed by atoms with Crippen LogP contribution in [0.1, 0.15) is 62.5 Å². The fraction of sp³-hybridized carbons (Fsp3) is 0.500. The number of nitrogens with zero attached hydrogens (tertiary/aromatic N) is 1. The normalized spacial score (nSPS) is 23.4. The highest BCUT2D eigenvalue weighted by molar-refractivity contribution is 5.33. The minimum absolute atomic E-state index is 0.648. The minimum Gasteiger partial charge on any atom is -0.192 e. The molecule has 0 N–H and O–H groups in total. The average Bonchev–Trinajstić information content (AvgIpc) is 2.48. The molecule has 1 nitrogen and oxygen atoms in total. The van der Waals surface area contributed by atoms with Gasteiger partial charge in [-0.25, -0.2) is 0 Å². The zero-order valence-corrected chi connectivity index (χ0v) is 11.8. The van der Waals surface area contributed by atoms with E-state index in [0.717, 1.165) is 5.56 Å². The van der Waals surface area contributed by atoms with Gasteiger partial charge in [-0.2, -0.15) is 5.26 Å². The molecule has 2 atom stereocenters. The fourth-order valence-electron chi connectivity index (χ4n) is 3.05. The third-order valence-corrected chi connectivity index (χ3v) is 4.13. The molecule has 1 aromatic carbocycles. The lowest BCUT2D eigenvalue weighted by molar-refractivity contribution is 0.361. The van der Waals surface area contributed by atoms with Crippen LogP contribution in [0, 0.1) is 17.2 Å². The lowest BCUT2D eigenvalue weighted by Crippen LogP contribution is -2.15. The summed E-state index contributed by atoms with van der Waals surface area (Å²) in [4.78, 5) is 0. The van der Waals surface area contributed by atoms with Crippen LogP contribution in [0.3, 0.4) is 0 Å². The van der Waals surface area contributed by atoms with Crippen molar-refractivity contribution in [1.82, 2.24) is 0 Å². The van der Waals surface area contributed by atoms with Gasteiger partial charge in [0.25, 0.3) is 0 Å². The molecule has 100 valence electrons. The van der Waals surface area contributed by atoms with Gasteiger partial charge >= 0.3 is 0 Å². The molecule has 0 radical (unpaired) electrons. The summed E-state index contributed by atoms with van der Waals surface area (Å²) in [5.41, 5.74) is 2.17. The highest BCUT2D eigenvalue weighted by Gasteiger charge is 2.24. The number of rotatable bonds is 4. The Morgan fingerprint density at radius 1 is 1.21 bits per heavy atom. The predicted molar refractivity (Wildman–Crippen MR) is 79.9 cm³/mol. The molecule has 19 heavy (non-hydrogen) atoms. The largest absolute Gasteiger partial charge is 0.192 e. The summed E-state index contributed by atoms with van der Waals surface area (Å²) in [7, 11) is 0. The third kappa shape index (κ3) is 3.70. The predicted octanol–water partition coefficient (Wildman–Crippen LogP) is 5.19. The summed E-state index contributed by atoms with van der Waals surface area (Å²) >= 11 is 0. The molecule has 0 spiro atoms. The van der Waals surface area contributed by atoms with E-state index in [1.54, 1.807) is 0 Å². The van der Waals surface area contributed by atoms with Gasteiger partial charge in [-0.15, -0.1) is 0 Å². The van der Waals surface area contributed by atoms with Crippen molar-refractivity contribution in [2.75, 3.05) is 0 Å². The Morgan fingerprint density at radius 3 is 2.63 bits per heavy atom. The second-order valence-electron chi connectivity index (χ2n) is 5.51. The molecule has 0 bridgehead atoms. The summed E-state index contributed by atoms with van der Waals surface area (Å²) in [5.74, 6) is 1.34. The summed E-state index contributed by atoms with van der Waals surface area (Å²) in [6.07, 6.45) is 12.5. The monoisotopic (exact) mass is 253 g/mol. The Labute approximate surface area is 117 Å². The van der Waals surface area contributed by atoms with Crippen molar-refractivity contribution >= 4 is 0 Å². The maximum Gasteiger partial charge on any atom is 0.0991 e. The van der Waals surface area contributed by atoms with Crippen molar-refractivity contribution in [3.8, 4) is 6.07 Å². The highest BCUT2D eigenvalue weighted by Crippen LogP contribution is 2.38. The Morgan fingerprint density at radius 2 is 1.95 bits per heavy atom. The fourth-order valence-corrected chi connectivity index (χ4v) is 3.05. The average molecular weight is 253 g/mol.